The van der Waals surface area contributed by atoms with Crippen molar-refractivity contribution in [2.75, 3.05) is 17.7 Å². The van der Waals surface area contributed by atoms with Gasteiger partial charge in [0, 0.05) is 33.3 Å². The van der Waals surface area contributed by atoms with Crippen LogP contribution < -0.4 is 16.2 Å². The quantitative estimate of drug-likeness (QED) is 0.722. The van der Waals surface area contributed by atoms with Crippen molar-refractivity contribution in [2.24, 2.45) is 7.05 Å². The number of nitrogens with one attached hydrogen (secondary N) is 2. The summed E-state index contributed by atoms with van der Waals surface area (Å²) in [6.07, 6.45) is 2.65. The number of alkyl halides is 3. The topological polar surface area (TPSA) is 109 Å². The molecule has 0 aliphatic heterocycles. The van der Waals surface area contributed by atoms with Crippen molar-refractivity contribution in [1.29, 1.82) is 0 Å². The predicted molar refractivity (Wildman–Crippen MR) is 115 cm³/mol. The van der Waals surface area contributed by atoms with Crippen molar-refractivity contribution in [1.82, 2.24) is 19.4 Å². The molecule has 9 nitrogen and oxygen atoms in total. The molecule has 1 aliphatic rings. The van der Waals surface area contributed by atoms with E-state index in [1.807, 2.05) is 6.08 Å². The molecule has 0 unspecified atom stereocenters. The zero-order valence-electron chi connectivity index (χ0n) is 18.2. The molecule has 0 fully saturated rings. The third-order valence-corrected chi connectivity index (χ3v) is 5.29. The van der Waals surface area contributed by atoms with E-state index in [1.165, 1.54) is 32.1 Å². The number of pyridine rings is 1. The molecule has 1 atom stereocenters. The molecule has 2 heterocycles. The Hall–Kier alpha value is -3.70. The van der Waals surface area contributed by atoms with Crippen molar-refractivity contribution in [3.63, 3.8) is 0 Å². The van der Waals surface area contributed by atoms with E-state index in [0.29, 0.717) is 43.0 Å². The second kappa shape index (κ2) is 9.43. The number of anilines is 2. The zero-order valence-corrected chi connectivity index (χ0v) is 18.2. The molecular weight excluding hydrogens is 441 g/mol. The molecule has 0 saturated heterocycles. The van der Waals surface area contributed by atoms with Gasteiger partial charge >= 0.3 is 12.2 Å². The average molecular weight is 464 g/mol. The first kappa shape index (κ1) is 24.0. The number of halogens is 3. The molecule has 2 N–H and O–H groups in total. The fraction of sp³-hybridized carbons (Fsp3) is 0.381. The molecule has 0 radical (unpaired) electrons. The summed E-state index contributed by atoms with van der Waals surface area (Å²) in [7, 11) is 2.72. The Bertz CT molecular complexity index is 1140. The third-order valence-electron chi connectivity index (χ3n) is 5.29. The normalized spacial score (nSPS) is 16.1. The minimum atomic E-state index is -4.65. The van der Waals surface area contributed by atoms with Gasteiger partial charge in [0.25, 0.3) is 5.56 Å². The summed E-state index contributed by atoms with van der Waals surface area (Å²) in [6, 6.07) is -0.251. The summed E-state index contributed by atoms with van der Waals surface area (Å²) in [5, 5.41) is 4.84. The number of amides is 3. The van der Waals surface area contributed by atoms with Crippen molar-refractivity contribution < 1.29 is 22.8 Å². The minimum Gasteiger partial charge on any atom is -0.324 e. The number of allylic oxidation sites excluding steroid dienone is 1. The van der Waals surface area contributed by atoms with Gasteiger partial charge in [0.05, 0.1) is 23.7 Å². The Morgan fingerprint density at radius 2 is 1.94 bits per heavy atom. The van der Waals surface area contributed by atoms with E-state index in [9.17, 15) is 27.6 Å². The number of carbonyl (C=O) groups excluding carboxylic acids is 2. The van der Waals surface area contributed by atoms with Gasteiger partial charge in [0.2, 0.25) is 5.91 Å². The lowest BCUT2D eigenvalue weighted by Gasteiger charge is -2.30. The van der Waals surface area contributed by atoms with Crippen LogP contribution in [0.5, 0.6) is 0 Å². The van der Waals surface area contributed by atoms with Gasteiger partial charge in [-0.25, -0.2) is 9.78 Å². The molecule has 0 aromatic carbocycles. The summed E-state index contributed by atoms with van der Waals surface area (Å²) < 4.78 is 39.9. The Morgan fingerprint density at radius 1 is 1.21 bits per heavy atom. The molecule has 2 aromatic rings. The highest BCUT2D eigenvalue weighted by molar-refractivity contribution is 5.89. The average Bonchev–Trinajstić information content (AvgIpc) is 2.75. The molecule has 12 heteroatoms. The van der Waals surface area contributed by atoms with Gasteiger partial charge in [-0.05, 0) is 30.9 Å². The lowest BCUT2D eigenvalue weighted by Crippen LogP contribution is -2.41. The monoisotopic (exact) mass is 464 g/mol. The highest BCUT2D eigenvalue weighted by Gasteiger charge is 2.32. The molecule has 1 aliphatic carbocycles. The number of aromatic nitrogens is 3. The van der Waals surface area contributed by atoms with E-state index in [0.717, 1.165) is 10.1 Å². The molecule has 3 rings (SSSR count). The SMILES string of the molecule is CC(=O)Nc1cnc(C2=CC[C@@H](N(C)C(=O)Nc3cc(C(F)(F)F)cn(C)c3=O)CC2)cn1. The van der Waals surface area contributed by atoms with E-state index in [4.69, 9.17) is 0 Å². The van der Waals surface area contributed by atoms with Crippen LogP contribution in [-0.4, -0.2) is 44.5 Å². The van der Waals surface area contributed by atoms with Crippen LogP contribution in [0.1, 0.15) is 37.4 Å². The lowest BCUT2D eigenvalue weighted by molar-refractivity contribution is -0.138. The molecule has 0 bridgehead atoms. The van der Waals surface area contributed by atoms with Crippen molar-refractivity contribution in [2.45, 2.75) is 38.4 Å². The van der Waals surface area contributed by atoms with Gasteiger partial charge in [0.15, 0.2) is 5.82 Å². The zero-order chi connectivity index (χ0) is 24.3. The van der Waals surface area contributed by atoms with E-state index in [1.54, 1.807) is 6.20 Å². The highest BCUT2D eigenvalue weighted by atomic mass is 19.4. The van der Waals surface area contributed by atoms with E-state index in [-0.39, 0.29) is 11.9 Å². The first-order chi connectivity index (χ1) is 15.5. The maximum atomic E-state index is 13.0. The van der Waals surface area contributed by atoms with Crippen LogP contribution in [0.2, 0.25) is 0 Å². The maximum Gasteiger partial charge on any atom is 0.417 e. The highest BCUT2D eigenvalue weighted by Crippen LogP contribution is 2.30. The molecular formula is C21H23F3N6O3. The fourth-order valence-electron chi connectivity index (χ4n) is 3.47. The largest absolute Gasteiger partial charge is 0.417 e. The summed E-state index contributed by atoms with van der Waals surface area (Å²) in [5.41, 5.74) is -0.614. The van der Waals surface area contributed by atoms with Crippen LogP contribution in [0.4, 0.5) is 29.5 Å². The van der Waals surface area contributed by atoms with Gasteiger partial charge in [-0.2, -0.15) is 13.2 Å². The Labute approximate surface area is 187 Å². The van der Waals surface area contributed by atoms with Gasteiger partial charge in [-0.15, -0.1) is 0 Å². The first-order valence-corrected chi connectivity index (χ1v) is 10.1. The fourth-order valence-corrected chi connectivity index (χ4v) is 3.47. The summed E-state index contributed by atoms with van der Waals surface area (Å²) in [4.78, 5) is 45.7. The van der Waals surface area contributed by atoms with E-state index >= 15 is 0 Å². The molecule has 0 spiro atoms. The van der Waals surface area contributed by atoms with E-state index in [2.05, 4.69) is 20.6 Å². The summed E-state index contributed by atoms with van der Waals surface area (Å²) in [6.45, 7) is 1.37. The number of urea groups is 1. The molecule has 176 valence electrons. The first-order valence-electron chi connectivity index (χ1n) is 10.1. The van der Waals surface area contributed by atoms with Crippen LogP contribution in [0.25, 0.3) is 5.57 Å². The second-order valence-corrected chi connectivity index (χ2v) is 7.72. The number of hydrogen-bond donors (Lipinski definition) is 2. The number of carbonyl (C=O) groups is 2. The van der Waals surface area contributed by atoms with Crippen LogP contribution in [0.15, 0.2) is 35.5 Å². The van der Waals surface area contributed by atoms with Gasteiger partial charge in [-0.3, -0.25) is 14.6 Å². The maximum absolute atomic E-state index is 13.0. The molecule has 33 heavy (non-hydrogen) atoms. The standard InChI is InChI=1S/C21H23F3N6O3/c1-12(31)27-18-10-25-17(9-26-18)13-4-6-15(7-5-13)30(3)20(33)28-16-8-14(21(22,23)24)11-29(2)19(16)32/h4,8-11,15H,5-7H2,1-3H3,(H,28,33)(H,26,27,31)/t15-/m1/s1. The Kier molecular flexibility index (Phi) is 6.84. The Balaban J connectivity index is 1.67. The van der Waals surface area contributed by atoms with Crippen molar-refractivity contribution in [3.8, 4) is 0 Å². The van der Waals surface area contributed by atoms with Crippen LogP contribution in [-0.2, 0) is 18.0 Å². The summed E-state index contributed by atoms with van der Waals surface area (Å²) >= 11 is 0. The van der Waals surface area contributed by atoms with Crippen LogP contribution in [0, 0.1) is 0 Å². The van der Waals surface area contributed by atoms with Crippen molar-refractivity contribution >= 4 is 29.0 Å². The second-order valence-electron chi connectivity index (χ2n) is 7.72. The van der Waals surface area contributed by atoms with Gasteiger partial charge in [-0.1, -0.05) is 6.08 Å². The molecule has 2 aromatic heterocycles. The molecule has 3 amide bonds. The number of rotatable bonds is 4. The lowest BCUT2D eigenvalue weighted by atomic mass is 9.93. The number of hydrogen-bond acceptors (Lipinski definition) is 5. The predicted octanol–water partition coefficient (Wildman–Crippen LogP) is 3.25. The summed E-state index contributed by atoms with van der Waals surface area (Å²) in [5.74, 6) is 0.0961. The smallest absolute Gasteiger partial charge is 0.324 e. The van der Waals surface area contributed by atoms with Crippen LogP contribution in [0.3, 0.4) is 0 Å². The van der Waals surface area contributed by atoms with Gasteiger partial charge in [0.1, 0.15) is 5.69 Å². The number of aryl methyl sites for hydroxylation is 1. The van der Waals surface area contributed by atoms with Gasteiger partial charge < -0.3 is 20.1 Å². The molecule has 0 saturated carbocycles. The number of nitrogens with zero attached hydrogens (tertiary/aromatic N) is 4. The van der Waals surface area contributed by atoms with E-state index < -0.39 is 29.0 Å². The van der Waals surface area contributed by atoms with Crippen molar-refractivity contribution in [3.05, 3.63) is 52.3 Å². The Morgan fingerprint density at radius 3 is 2.48 bits per heavy atom. The third kappa shape index (κ3) is 5.76. The van der Waals surface area contributed by atoms with Crippen LogP contribution >= 0.6 is 0 Å². The minimum absolute atomic E-state index is 0.213.